The predicted molar refractivity (Wildman–Crippen MR) is 88.4 cm³/mol. The lowest BCUT2D eigenvalue weighted by Gasteiger charge is -2.17. The Kier molecular flexibility index (Phi) is 8.04. The van der Waals surface area contributed by atoms with Gasteiger partial charge in [0.1, 0.15) is 0 Å². The molecule has 0 bridgehead atoms. The second-order valence-electron chi connectivity index (χ2n) is 5.49. The first kappa shape index (κ1) is 17.3. The van der Waals surface area contributed by atoms with Crippen molar-refractivity contribution in [2.45, 2.75) is 19.3 Å². The Morgan fingerprint density at radius 2 is 1.60 bits per heavy atom. The van der Waals surface area contributed by atoms with Gasteiger partial charge in [0.2, 0.25) is 0 Å². The smallest absolute Gasteiger partial charge is 0.162 e. The maximum absolute atomic E-state index is 12.0. The molecule has 0 radical (unpaired) electrons. The molecule has 0 saturated carbocycles. The van der Waals surface area contributed by atoms with Gasteiger partial charge in [-0.25, -0.2) is 0 Å². The largest absolute Gasteiger partial charge is 0.309 e. The van der Waals surface area contributed by atoms with Crippen molar-refractivity contribution >= 4 is 21.7 Å². The number of halogens is 1. The molecule has 0 aliphatic heterocycles. The molecule has 1 rings (SSSR count). The third-order valence-electron chi connectivity index (χ3n) is 3.26. The topological polar surface area (TPSA) is 23.6 Å². The van der Waals surface area contributed by atoms with Gasteiger partial charge < -0.3 is 9.80 Å². The molecule has 1 aromatic carbocycles. The molecule has 4 heteroatoms. The number of ketones is 1. The molecule has 3 nitrogen and oxygen atoms in total. The van der Waals surface area contributed by atoms with Crippen molar-refractivity contribution in [1.82, 2.24) is 9.80 Å². The van der Waals surface area contributed by atoms with Crippen LogP contribution in [-0.4, -0.2) is 56.4 Å². The van der Waals surface area contributed by atoms with Crippen LogP contribution in [0.1, 0.15) is 29.6 Å². The van der Waals surface area contributed by atoms with E-state index in [-0.39, 0.29) is 5.78 Å². The first-order valence-electron chi connectivity index (χ1n) is 7.11. The number of Topliss-reactive ketones (excluding diaryl/α,β-unsaturated/α-hetero) is 1. The third kappa shape index (κ3) is 7.17. The maximum Gasteiger partial charge on any atom is 0.162 e. The van der Waals surface area contributed by atoms with Crippen LogP contribution in [0.5, 0.6) is 0 Å². The molecule has 1 aromatic rings. The van der Waals surface area contributed by atoms with E-state index < -0.39 is 0 Å². The summed E-state index contributed by atoms with van der Waals surface area (Å²) in [6, 6.07) is 7.60. The quantitative estimate of drug-likeness (QED) is 0.644. The van der Waals surface area contributed by atoms with E-state index in [1.807, 2.05) is 24.3 Å². The Morgan fingerprint density at radius 1 is 1.00 bits per heavy atom. The highest BCUT2D eigenvalue weighted by Crippen LogP contribution is 2.12. The van der Waals surface area contributed by atoms with Crippen LogP contribution in [0, 0.1) is 0 Å². The normalized spacial score (nSPS) is 11.3. The summed E-state index contributed by atoms with van der Waals surface area (Å²) >= 11 is 3.38. The van der Waals surface area contributed by atoms with Gasteiger partial charge in [-0.3, -0.25) is 4.79 Å². The first-order chi connectivity index (χ1) is 9.49. The van der Waals surface area contributed by atoms with Crippen molar-refractivity contribution in [2.24, 2.45) is 0 Å². The molecule has 0 amide bonds. The summed E-state index contributed by atoms with van der Waals surface area (Å²) < 4.78 is 1.01. The molecule has 0 aromatic heterocycles. The summed E-state index contributed by atoms with van der Waals surface area (Å²) in [6.45, 7) is 3.18. The fourth-order valence-electron chi connectivity index (χ4n) is 2.06. The lowest BCUT2D eigenvalue weighted by atomic mass is 10.1. The highest BCUT2D eigenvalue weighted by atomic mass is 79.9. The standard InChI is InChI=1S/C16H25BrN2O/c1-18(2)11-5-13-19(3)12-4-6-16(20)14-7-9-15(17)10-8-14/h7-10H,4-6,11-13H2,1-3H3. The van der Waals surface area contributed by atoms with Gasteiger partial charge in [0.05, 0.1) is 0 Å². The van der Waals surface area contributed by atoms with Gasteiger partial charge in [-0.05, 0) is 65.8 Å². The number of carbonyl (C=O) groups is 1. The van der Waals surface area contributed by atoms with Crippen molar-refractivity contribution < 1.29 is 4.79 Å². The van der Waals surface area contributed by atoms with Crippen LogP contribution in [0.3, 0.4) is 0 Å². The van der Waals surface area contributed by atoms with Crippen molar-refractivity contribution in [3.63, 3.8) is 0 Å². The zero-order valence-corrected chi connectivity index (χ0v) is 14.3. The molecule has 20 heavy (non-hydrogen) atoms. The van der Waals surface area contributed by atoms with Crippen LogP contribution in [0.25, 0.3) is 0 Å². The molecule has 0 N–H and O–H groups in total. The number of hydrogen-bond donors (Lipinski definition) is 0. The molecule has 0 saturated heterocycles. The Labute approximate surface area is 131 Å². The monoisotopic (exact) mass is 340 g/mol. The molecular formula is C16H25BrN2O. The lowest BCUT2D eigenvalue weighted by Crippen LogP contribution is -2.25. The summed E-state index contributed by atoms with van der Waals surface area (Å²) in [5, 5.41) is 0. The van der Waals surface area contributed by atoms with Gasteiger partial charge in [-0.2, -0.15) is 0 Å². The van der Waals surface area contributed by atoms with Crippen LogP contribution in [0.4, 0.5) is 0 Å². The molecular weight excluding hydrogens is 316 g/mol. The second-order valence-corrected chi connectivity index (χ2v) is 6.41. The van der Waals surface area contributed by atoms with E-state index in [0.717, 1.165) is 36.1 Å². The number of nitrogens with zero attached hydrogens (tertiary/aromatic N) is 2. The summed E-state index contributed by atoms with van der Waals surface area (Å²) in [6.07, 6.45) is 2.72. The summed E-state index contributed by atoms with van der Waals surface area (Å²) in [5.41, 5.74) is 0.809. The van der Waals surface area contributed by atoms with E-state index in [4.69, 9.17) is 0 Å². The van der Waals surface area contributed by atoms with Gasteiger partial charge in [0.15, 0.2) is 5.78 Å². The predicted octanol–water partition coefficient (Wildman–Crippen LogP) is 3.30. The SMILES string of the molecule is CN(C)CCCN(C)CCCC(=O)c1ccc(Br)cc1. The van der Waals surface area contributed by atoms with Crippen molar-refractivity contribution in [2.75, 3.05) is 40.8 Å². The van der Waals surface area contributed by atoms with Gasteiger partial charge >= 0.3 is 0 Å². The Hall–Kier alpha value is -0.710. The molecule has 0 aliphatic rings. The Bertz CT molecular complexity index is 403. The maximum atomic E-state index is 12.0. The Morgan fingerprint density at radius 3 is 2.20 bits per heavy atom. The summed E-state index contributed by atoms with van der Waals surface area (Å²) in [5.74, 6) is 0.235. The zero-order valence-electron chi connectivity index (χ0n) is 12.7. The van der Waals surface area contributed by atoms with Gasteiger partial charge in [0.25, 0.3) is 0 Å². The number of hydrogen-bond acceptors (Lipinski definition) is 3. The van der Waals surface area contributed by atoms with Gasteiger partial charge in [-0.15, -0.1) is 0 Å². The van der Waals surface area contributed by atoms with Crippen LogP contribution >= 0.6 is 15.9 Å². The fourth-order valence-corrected chi connectivity index (χ4v) is 2.32. The van der Waals surface area contributed by atoms with E-state index in [0.29, 0.717) is 6.42 Å². The average Bonchev–Trinajstić information content (AvgIpc) is 2.39. The number of rotatable bonds is 9. The number of benzene rings is 1. The molecule has 112 valence electrons. The Balaban J connectivity index is 2.20. The minimum absolute atomic E-state index is 0.235. The second kappa shape index (κ2) is 9.27. The molecule has 0 fully saturated rings. The molecule has 0 spiro atoms. The molecule has 0 heterocycles. The van der Waals surface area contributed by atoms with Crippen LogP contribution in [0.15, 0.2) is 28.7 Å². The zero-order chi connectivity index (χ0) is 15.0. The molecule has 0 unspecified atom stereocenters. The van der Waals surface area contributed by atoms with Crippen molar-refractivity contribution in [3.05, 3.63) is 34.3 Å². The fraction of sp³-hybridized carbons (Fsp3) is 0.562. The van der Waals surface area contributed by atoms with Crippen molar-refractivity contribution in [3.8, 4) is 0 Å². The highest BCUT2D eigenvalue weighted by Gasteiger charge is 2.06. The van der Waals surface area contributed by atoms with E-state index in [9.17, 15) is 4.79 Å². The first-order valence-corrected chi connectivity index (χ1v) is 7.90. The van der Waals surface area contributed by atoms with E-state index in [2.05, 4.69) is 46.9 Å². The molecule has 0 atom stereocenters. The summed E-state index contributed by atoms with van der Waals surface area (Å²) in [4.78, 5) is 16.5. The van der Waals surface area contributed by atoms with Gasteiger partial charge in [0, 0.05) is 16.5 Å². The van der Waals surface area contributed by atoms with E-state index in [1.165, 1.54) is 6.42 Å². The van der Waals surface area contributed by atoms with Crippen LogP contribution in [-0.2, 0) is 0 Å². The van der Waals surface area contributed by atoms with E-state index >= 15 is 0 Å². The number of carbonyl (C=O) groups excluding carboxylic acids is 1. The minimum Gasteiger partial charge on any atom is -0.309 e. The highest BCUT2D eigenvalue weighted by molar-refractivity contribution is 9.10. The van der Waals surface area contributed by atoms with Crippen LogP contribution < -0.4 is 0 Å². The van der Waals surface area contributed by atoms with E-state index in [1.54, 1.807) is 0 Å². The average molecular weight is 341 g/mol. The summed E-state index contributed by atoms with van der Waals surface area (Å²) in [7, 11) is 6.31. The molecule has 0 aliphatic carbocycles. The minimum atomic E-state index is 0.235. The third-order valence-corrected chi connectivity index (χ3v) is 3.78. The van der Waals surface area contributed by atoms with Gasteiger partial charge in [-0.1, -0.05) is 28.1 Å². The lowest BCUT2D eigenvalue weighted by molar-refractivity contribution is 0.0976. The van der Waals surface area contributed by atoms with Crippen LogP contribution in [0.2, 0.25) is 0 Å². The van der Waals surface area contributed by atoms with Crippen molar-refractivity contribution in [1.29, 1.82) is 0 Å².